The highest BCUT2D eigenvalue weighted by molar-refractivity contribution is 5.96. The summed E-state index contributed by atoms with van der Waals surface area (Å²) in [6.07, 6.45) is -9.05. The first-order valence-electron chi connectivity index (χ1n) is 8.55. The maximum Gasteiger partial charge on any atom is 0.415 e. The summed E-state index contributed by atoms with van der Waals surface area (Å²) in [5, 5.41) is 11.8. The second kappa shape index (κ2) is 10.6. The van der Waals surface area contributed by atoms with E-state index in [1.54, 1.807) is 18.2 Å². The number of halogens is 3. The number of hydrogen-bond acceptors (Lipinski definition) is 6. The third kappa shape index (κ3) is 6.84. The number of aliphatic hydroxyl groups is 1. The van der Waals surface area contributed by atoms with E-state index in [2.05, 4.69) is 10.1 Å². The Balaban J connectivity index is 3.10. The first kappa shape index (κ1) is 23.4. The van der Waals surface area contributed by atoms with Crippen LogP contribution < -0.4 is 5.32 Å². The molecule has 0 radical (unpaired) electrons. The van der Waals surface area contributed by atoms with Gasteiger partial charge in [-0.2, -0.15) is 13.2 Å². The Morgan fingerprint density at radius 1 is 1.04 bits per heavy atom. The Labute approximate surface area is 159 Å². The summed E-state index contributed by atoms with van der Waals surface area (Å²) >= 11 is 0. The number of aliphatic hydroxyl groups excluding tert-OH is 1. The molecule has 0 aromatic heterocycles. The number of hydrogen-bond donors (Lipinski definition) is 2. The number of ether oxygens (including phenoxy) is 2. The van der Waals surface area contributed by atoms with E-state index >= 15 is 0 Å². The van der Waals surface area contributed by atoms with Crippen LogP contribution in [0.4, 0.5) is 13.2 Å². The average Bonchev–Trinajstić information content (AvgIpc) is 2.64. The molecule has 1 amide bonds. The maximum atomic E-state index is 13.0. The number of amides is 1. The van der Waals surface area contributed by atoms with Gasteiger partial charge in [-0.1, -0.05) is 18.2 Å². The third-order valence-corrected chi connectivity index (χ3v) is 3.71. The lowest BCUT2D eigenvalue weighted by Gasteiger charge is -2.26. The molecule has 0 bridgehead atoms. The van der Waals surface area contributed by atoms with Crippen molar-refractivity contribution in [2.45, 2.75) is 38.6 Å². The van der Waals surface area contributed by atoms with Gasteiger partial charge in [0.1, 0.15) is 6.04 Å². The van der Waals surface area contributed by atoms with Crippen LogP contribution in [0, 0.1) is 5.92 Å². The van der Waals surface area contributed by atoms with Crippen LogP contribution in [0.25, 0.3) is 0 Å². The van der Waals surface area contributed by atoms with E-state index in [-0.39, 0.29) is 18.8 Å². The first-order valence-corrected chi connectivity index (χ1v) is 8.55. The predicted molar refractivity (Wildman–Crippen MR) is 91.1 cm³/mol. The van der Waals surface area contributed by atoms with E-state index in [4.69, 9.17) is 4.74 Å². The SMILES string of the molecule is CCOC(=O)[C@H](C[C@H](C(=O)OCC)[C@@H](O)C(F)(F)F)NC(=O)c1ccccc1. The highest BCUT2D eigenvalue weighted by Crippen LogP contribution is 2.29. The molecule has 0 aliphatic carbocycles. The van der Waals surface area contributed by atoms with Gasteiger partial charge in [-0.3, -0.25) is 9.59 Å². The minimum atomic E-state index is -5.12. The van der Waals surface area contributed by atoms with Crippen molar-refractivity contribution in [3.8, 4) is 0 Å². The second-order valence-corrected chi connectivity index (χ2v) is 5.72. The van der Waals surface area contributed by atoms with Crippen molar-refractivity contribution in [1.29, 1.82) is 0 Å². The van der Waals surface area contributed by atoms with Crippen LogP contribution in [0.5, 0.6) is 0 Å². The zero-order chi connectivity index (χ0) is 21.3. The van der Waals surface area contributed by atoms with Gasteiger partial charge in [0.15, 0.2) is 6.10 Å². The number of nitrogens with one attached hydrogen (secondary N) is 1. The van der Waals surface area contributed by atoms with E-state index in [9.17, 15) is 32.7 Å². The molecule has 0 aliphatic rings. The molecule has 1 rings (SSSR count). The van der Waals surface area contributed by atoms with Crippen molar-refractivity contribution in [3.05, 3.63) is 35.9 Å². The summed E-state index contributed by atoms with van der Waals surface area (Å²) in [5.74, 6) is -5.24. The van der Waals surface area contributed by atoms with Crippen LogP contribution in [0.2, 0.25) is 0 Å². The molecule has 0 aliphatic heterocycles. The zero-order valence-corrected chi connectivity index (χ0v) is 15.4. The summed E-state index contributed by atoms with van der Waals surface area (Å²) < 4.78 is 48.3. The smallest absolute Gasteiger partial charge is 0.415 e. The summed E-state index contributed by atoms with van der Waals surface area (Å²) in [4.78, 5) is 36.4. The Hall–Kier alpha value is -2.62. The highest BCUT2D eigenvalue weighted by atomic mass is 19.4. The average molecular weight is 405 g/mol. The van der Waals surface area contributed by atoms with Crippen LogP contribution in [-0.2, 0) is 19.1 Å². The monoisotopic (exact) mass is 405 g/mol. The van der Waals surface area contributed by atoms with Crippen molar-refractivity contribution in [2.24, 2.45) is 5.92 Å². The van der Waals surface area contributed by atoms with Gasteiger partial charge in [0, 0.05) is 5.56 Å². The third-order valence-electron chi connectivity index (χ3n) is 3.71. The van der Waals surface area contributed by atoms with E-state index in [1.807, 2.05) is 0 Å². The molecule has 0 heterocycles. The first-order chi connectivity index (χ1) is 13.1. The van der Waals surface area contributed by atoms with Crippen LogP contribution >= 0.6 is 0 Å². The summed E-state index contributed by atoms with van der Waals surface area (Å²) in [6.45, 7) is 2.54. The molecular weight excluding hydrogens is 383 g/mol. The molecule has 3 atom stereocenters. The molecular formula is C18H22F3NO6. The molecule has 0 saturated heterocycles. The lowest BCUT2D eigenvalue weighted by atomic mass is 9.93. The summed E-state index contributed by atoms with van der Waals surface area (Å²) in [6, 6.07) is 6.04. The van der Waals surface area contributed by atoms with Crippen LogP contribution in [-0.4, -0.2) is 54.5 Å². The highest BCUT2D eigenvalue weighted by Gasteiger charge is 2.48. The molecule has 0 unspecified atom stereocenters. The normalized spacial score (nSPS) is 14.5. The quantitative estimate of drug-likeness (QED) is 0.608. The van der Waals surface area contributed by atoms with Gasteiger partial charge in [-0.05, 0) is 32.4 Å². The van der Waals surface area contributed by atoms with Gasteiger partial charge >= 0.3 is 18.1 Å². The van der Waals surface area contributed by atoms with Crippen molar-refractivity contribution in [2.75, 3.05) is 13.2 Å². The Kier molecular flexibility index (Phi) is 8.90. The van der Waals surface area contributed by atoms with Crippen molar-refractivity contribution >= 4 is 17.8 Å². The molecule has 28 heavy (non-hydrogen) atoms. The lowest BCUT2D eigenvalue weighted by molar-refractivity contribution is -0.225. The zero-order valence-electron chi connectivity index (χ0n) is 15.4. The van der Waals surface area contributed by atoms with Crippen LogP contribution in [0.15, 0.2) is 30.3 Å². The summed E-state index contributed by atoms with van der Waals surface area (Å²) in [7, 11) is 0. The summed E-state index contributed by atoms with van der Waals surface area (Å²) in [5.41, 5.74) is 0.154. The van der Waals surface area contributed by atoms with E-state index < -0.39 is 48.5 Å². The molecule has 156 valence electrons. The van der Waals surface area contributed by atoms with Gasteiger partial charge in [-0.25, -0.2) is 4.79 Å². The minimum absolute atomic E-state index is 0.0948. The predicted octanol–water partition coefficient (Wildman–Crippen LogP) is 1.84. The fraction of sp³-hybridized carbons (Fsp3) is 0.500. The Bertz CT molecular complexity index is 665. The van der Waals surface area contributed by atoms with E-state index in [0.717, 1.165) is 0 Å². The van der Waals surface area contributed by atoms with E-state index in [0.29, 0.717) is 0 Å². The number of carbonyl (C=O) groups is 3. The largest absolute Gasteiger partial charge is 0.466 e. The standard InChI is InChI=1S/C18H22F3NO6/c1-3-27-16(25)12(14(23)18(19,20)21)10-13(17(26)28-4-2)22-15(24)11-8-6-5-7-9-11/h5-9,12-14,23H,3-4,10H2,1-2H3,(H,22,24)/t12-,13-,14+/m0/s1. The topological polar surface area (TPSA) is 102 Å². The van der Waals surface area contributed by atoms with Gasteiger partial charge in [-0.15, -0.1) is 0 Å². The Morgan fingerprint density at radius 2 is 1.57 bits per heavy atom. The van der Waals surface area contributed by atoms with Gasteiger partial charge in [0.05, 0.1) is 19.1 Å². The molecule has 2 N–H and O–H groups in total. The Morgan fingerprint density at radius 3 is 2.07 bits per heavy atom. The van der Waals surface area contributed by atoms with Gasteiger partial charge in [0.2, 0.25) is 0 Å². The fourth-order valence-corrected chi connectivity index (χ4v) is 2.37. The number of benzene rings is 1. The molecule has 1 aromatic carbocycles. The lowest BCUT2D eigenvalue weighted by Crippen LogP contribution is -2.48. The van der Waals surface area contributed by atoms with E-state index in [1.165, 1.54) is 26.0 Å². The second-order valence-electron chi connectivity index (χ2n) is 5.72. The van der Waals surface area contributed by atoms with Crippen LogP contribution in [0.3, 0.4) is 0 Å². The van der Waals surface area contributed by atoms with Gasteiger partial charge in [0.25, 0.3) is 5.91 Å². The number of rotatable bonds is 9. The number of esters is 2. The maximum absolute atomic E-state index is 13.0. The van der Waals surface area contributed by atoms with Crippen molar-refractivity contribution in [1.82, 2.24) is 5.32 Å². The number of alkyl halides is 3. The minimum Gasteiger partial charge on any atom is -0.466 e. The molecule has 0 spiro atoms. The number of carbonyl (C=O) groups excluding carboxylic acids is 3. The van der Waals surface area contributed by atoms with Gasteiger partial charge < -0.3 is 19.9 Å². The molecule has 0 saturated carbocycles. The van der Waals surface area contributed by atoms with Crippen molar-refractivity contribution in [3.63, 3.8) is 0 Å². The van der Waals surface area contributed by atoms with Crippen molar-refractivity contribution < 1.29 is 42.1 Å². The molecule has 7 nitrogen and oxygen atoms in total. The molecule has 0 fully saturated rings. The molecule has 1 aromatic rings. The molecule has 10 heteroatoms. The van der Waals surface area contributed by atoms with Crippen LogP contribution in [0.1, 0.15) is 30.6 Å². The fourth-order valence-electron chi connectivity index (χ4n) is 2.37.